The molecule has 0 atom stereocenters. The number of carbonyl (C=O) groups excluding carboxylic acids is 1. The third-order valence-electron chi connectivity index (χ3n) is 3.39. The van der Waals surface area contributed by atoms with Crippen LogP contribution in [0, 0.1) is 5.82 Å². The predicted molar refractivity (Wildman–Crippen MR) is 67.6 cm³/mol. The number of amides is 1. The van der Waals surface area contributed by atoms with E-state index < -0.39 is 5.82 Å². The lowest BCUT2D eigenvalue weighted by molar-refractivity contribution is -0.119. The van der Waals surface area contributed by atoms with Crippen LogP contribution in [0.25, 0.3) is 0 Å². The average molecular weight is 272 g/mol. The van der Waals surface area contributed by atoms with Crippen molar-refractivity contribution in [1.82, 2.24) is 4.90 Å². The third kappa shape index (κ3) is 2.58. The minimum atomic E-state index is -0.455. The van der Waals surface area contributed by atoms with Gasteiger partial charge in [0, 0.05) is 13.1 Å². The van der Waals surface area contributed by atoms with Crippen LogP contribution in [-0.2, 0) is 4.79 Å². The van der Waals surface area contributed by atoms with Crippen molar-refractivity contribution in [2.75, 3.05) is 20.2 Å². The van der Waals surface area contributed by atoms with Crippen molar-refractivity contribution in [2.45, 2.75) is 18.8 Å². The minimum Gasteiger partial charge on any atom is -0.495 e. The number of carbonyl (C=O) groups is 1. The Morgan fingerprint density at radius 2 is 2.11 bits per heavy atom. The molecule has 2 rings (SSSR count). The molecule has 98 valence electrons. The molecule has 0 saturated carbocycles. The van der Waals surface area contributed by atoms with Gasteiger partial charge in [-0.05, 0) is 36.5 Å². The number of methoxy groups -OCH3 is 1. The zero-order valence-corrected chi connectivity index (χ0v) is 10.9. The summed E-state index contributed by atoms with van der Waals surface area (Å²) in [5.74, 6) is 0.162. The molecule has 18 heavy (non-hydrogen) atoms. The van der Waals surface area contributed by atoms with Gasteiger partial charge in [-0.25, -0.2) is 4.39 Å². The summed E-state index contributed by atoms with van der Waals surface area (Å²) in [5, 5.41) is 0.0200. The molecule has 1 fully saturated rings. The first-order chi connectivity index (χ1) is 8.65. The minimum absolute atomic E-state index is 0.0200. The number of benzene rings is 1. The summed E-state index contributed by atoms with van der Waals surface area (Å²) in [4.78, 5) is 12.4. The number of likely N-dealkylation sites (tertiary alicyclic amines) is 1. The van der Waals surface area contributed by atoms with E-state index in [-0.39, 0.29) is 10.9 Å². The van der Waals surface area contributed by atoms with Crippen molar-refractivity contribution in [3.05, 3.63) is 28.5 Å². The predicted octanol–water partition coefficient (Wildman–Crippen LogP) is 2.82. The van der Waals surface area contributed by atoms with E-state index >= 15 is 0 Å². The molecule has 0 unspecified atom stereocenters. The first kappa shape index (κ1) is 13.1. The topological polar surface area (TPSA) is 29.5 Å². The molecule has 1 aliphatic heterocycles. The Morgan fingerprint density at radius 3 is 2.67 bits per heavy atom. The lowest BCUT2D eigenvalue weighted by Crippen LogP contribution is -2.31. The van der Waals surface area contributed by atoms with Gasteiger partial charge >= 0.3 is 0 Å². The van der Waals surface area contributed by atoms with Crippen LogP contribution in [-0.4, -0.2) is 31.5 Å². The van der Waals surface area contributed by atoms with Gasteiger partial charge in [-0.2, -0.15) is 0 Å². The summed E-state index contributed by atoms with van der Waals surface area (Å²) >= 11 is 5.80. The molecule has 1 heterocycles. The summed E-state index contributed by atoms with van der Waals surface area (Å²) in [6, 6.07) is 3.25. The zero-order chi connectivity index (χ0) is 13.1. The molecule has 1 aromatic carbocycles. The Balaban J connectivity index is 2.19. The molecule has 1 aliphatic rings. The second-order valence-corrected chi connectivity index (χ2v) is 4.81. The van der Waals surface area contributed by atoms with E-state index in [9.17, 15) is 9.18 Å². The van der Waals surface area contributed by atoms with Crippen LogP contribution in [0.2, 0.25) is 5.02 Å². The number of hydrogen-bond donors (Lipinski definition) is 0. The van der Waals surface area contributed by atoms with Gasteiger partial charge in [-0.3, -0.25) is 4.79 Å². The highest BCUT2D eigenvalue weighted by molar-refractivity contribution is 6.32. The maximum absolute atomic E-state index is 13.6. The second kappa shape index (κ2) is 5.57. The van der Waals surface area contributed by atoms with E-state index in [1.54, 1.807) is 11.0 Å². The van der Waals surface area contributed by atoms with E-state index in [2.05, 4.69) is 0 Å². The molecule has 0 radical (unpaired) electrons. The number of ether oxygens (including phenoxy) is 1. The van der Waals surface area contributed by atoms with Gasteiger partial charge in [-0.15, -0.1) is 0 Å². The monoisotopic (exact) mass is 271 g/mol. The van der Waals surface area contributed by atoms with Gasteiger partial charge in [-0.1, -0.05) is 11.6 Å². The van der Waals surface area contributed by atoms with Gasteiger partial charge in [0.15, 0.2) is 0 Å². The van der Waals surface area contributed by atoms with Gasteiger partial charge in [0.2, 0.25) is 6.41 Å². The van der Waals surface area contributed by atoms with Crippen molar-refractivity contribution >= 4 is 18.0 Å². The van der Waals surface area contributed by atoms with Gasteiger partial charge < -0.3 is 9.64 Å². The van der Waals surface area contributed by atoms with E-state index in [1.807, 2.05) is 0 Å². The van der Waals surface area contributed by atoms with Crippen LogP contribution in [0.5, 0.6) is 5.75 Å². The molecular weight excluding hydrogens is 257 g/mol. The molecule has 0 spiro atoms. The maximum atomic E-state index is 13.6. The fourth-order valence-corrected chi connectivity index (χ4v) is 2.49. The second-order valence-electron chi connectivity index (χ2n) is 4.43. The van der Waals surface area contributed by atoms with Crippen LogP contribution >= 0.6 is 11.6 Å². The lowest BCUT2D eigenvalue weighted by Gasteiger charge is -2.29. The fraction of sp³-hybridized carbons (Fsp3) is 0.462. The van der Waals surface area contributed by atoms with Crippen molar-refractivity contribution in [2.24, 2.45) is 0 Å². The molecule has 5 heteroatoms. The highest BCUT2D eigenvalue weighted by Gasteiger charge is 2.21. The number of piperidine rings is 1. The third-order valence-corrected chi connectivity index (χ3v) is 3.75. The standard InChI is InChI=1S/C13H15ClFNO2/c1-18-12-7-10(6-11(15)13(12)14)9-2-4-16(8-17)5-3-9/h6-9H,2-5H2,1H3. The average Bonchev–Trinajstić information content (AvgIpc) is 2.42. The highest BCUT2D eigenvalue weighted by atomic mass is 35.5. The van der Waals surface area contributed by atoms with E-state index in [0.29, 0.717) is 18.8 Å². The van der Waals surface area contributed by atoms with Gasteiger partial charge in [0.05, 0.1) is 7.11 Å². The number of nitrogens with zero attached hydrogens (tertiary/aromatic N) is 1. The molecule has 3 nitrogen and oxygen atoms in total. The zero-order valence-electron chi connectivity index (χ0n) is 10.2. The van der Waals surface area contributed by atoms with Crippen LogP contribution in [0.3, 0.4) is 0 Å². The van der Waals surface area contributed by atoms with Crippen LogP contribution in [0.1, 0.15) is 24.3 Å². The van der Waals surface area contributed by atoms with Crippen molar-refractivity contribution in [1.29, 1.82) is 0 Å². The quantitative estimate of drug-likeness (QED) is 0.791. The lowest BCUT2D eigenvalue weighted by atomic mass is 9.89. The van der Waals surface area contributed by atoms with Gasteiger partial charge in [0.25, 0.3) is 0 Å². The summed E-state index contributed by atoms with van der Waals surface area (Å²) in [6.07, 6.45) is 2.53. The molecule has 0 bridgehead atoms. The molecule has 1 amide bonds. The van der Waals surface area contributed by atoms with Crippen molar-refractivity contribution in [3.8, 4) is 5.75 Å². The first-order valence-electron chi connectivity index (χ1n) is 5.88. The van der Waals surface area contributed by atoms with Crippen LogP contribution in [0.4, 0.5) is 4.39 Å². The van der Waals surface area contributed by atoms with Crippen molar-refractivity contribution < 1.29 is 13.9 Å². The number of hydrogen-bond acceptors (Lipinski definition) is 2. The number of rotatable bonds is 3. The molecule has 1 saturated heterocycles. The van der Waals surface area contributed by atoms with E-state index in [0.717, 1.165) is 24.8 Å². The Bertz CT molecular complexity index is 445. The Labute approximate surface area is 110 Å². The van der Waals surface area contributed by atoms with Crippen LogP contribution in [0.15, 0.2) is 12.1 Å². The fourth-order valence-electron chi connectivity index (χ4n) is 2.31. The van der Waals surface area contributed by atoms with E-state index in [4.69, 9.17) is 16.3 Å². The Morgan fingerprint density at radius 1 is 1.44 bits per heavy atom. The summed E-state index contributed by atoms with van der Waals surface area (Å²) in [5.41, 5.74) is 0.888. The normalized spacial score (nSPS) is 16.7. The first-order valence-corrected chi connectivity index (χ1v) is 6.25. The SMILES string of the molecule is COc1cc(C2CCN(C=O)CC2)cc(F)c1Cl. The summed E-state index contributed by atoms with van der Waals surface area (Å²) < 4.78 is 18.7. The number of halogens is 2. The molecule has 0 N–H and O–H groups in total. The van der Waals surface area contributed by atoms with Crippen molar-refractivity contribution in [3.63, 3.8) is 0 Å². The molecule has 0 aliphatic carbocycles. The molecular formula is C13H15ClFNO2. The Kier molecular flexibility index (Phi) is 4.07. The van der Waals surface area contributed by atoms with E-state index in [1.165, 1.54) is 13.2 Å². The van der Waals surface area contributed by atoms with Crippen LogP contribution < -0.4 is 4.74 Å². The largest absolute Gasteiger partial charge is 0.495 e. The smallest absolute Gasteiger partial charge is 0.209 e. The highest BCUT2D eigenvalue weighted by Crippen LogP contribution is 2.35. The summed E-state index contributed by atoms with van der Waals surface area (Å²) in [6.45, 7) is 1.42. The molecule has 0 aromatic heterocycles. The Hall–Kier alpha value is -1.29. The summed E-state index contributed by atoms with van der Waals surface area (Å²) in [7, 11) is 1.47. The maximum Gasteiger partial charge on any atom is 0.209 e. The molecule has 1 aromatic rings. The van der Waals surface area contributed by atoms with Gasteiger partial charge in [0.1, 0.15) is 16.6 Å².